The summed E-state index contributed by atoms with van der Waals surface area (Å²) in [6.45, 7) is 0.814. The van der Waals surface area contributed by atoms with Gasteiger partial charge in [0.25, 0.3) is 0 Å². The summed E-state index contributed by atoms with van der Waals surface area (Å²) < 4.78 is 0. The predicted molar refractivity (Wildman–Crippen MR) is 83.8 cm³/mol. The van der Waals surface area contributed by atoms with Crippen molar-refractivity contribution in [1.82, 2.24) is 4.90 Å². The van der Waals surface area contributed by atoms with Gasteiger partial charge in [-0.05, 0) is 43.2 Å². The minimum absolute atomic E-state index is 0.304. The van der Waals surface area contributed by atoms with Crippen molar-refractivity contribution in [2.45, 2.75) is 50.7 Å². The highest BCUT2D eigenvalue weighted by atomic mass is 35.5. The largest absolute Gasteiger partial charge is 0.481 e. The summed E-state index contributed by atoms with van der Waals surface area (Å²) in [7, 11) is 0. The highest BCUT2D eigenvalue weighted by molar-refractivity contribution is 6.42. The average Bonchev–Trinajstić information content (AvgIpc) is 2.66. The van der Waals surface area contributed by atoms with Crippen molar-refractivity contribution >= 4 is 29.2 Å². The maximum absolute atomic E-state index is 10.9. The molecule has 0 amide bonds. The molecule has 2 saturated heterocycles. The summed E-state index contributed by atoms with van der Waals surface area (Å²) in [6.07, 6.45) is 4.61. The molecule has 2 heterocycles. The van der Waals surface area contributed by atoms with Gasteiger partial charge < -0.3 is 5.11 Å². The molecule has 2 fully saturated rings. The zero-order chi connectivity index (χ0) is 15.0. The first kappa shape index (κ1) is 15.1. The molecule has 2 atom stereocenters. The Hall–Kier alpha value is -0.770. The first-order valence-corrected chi connectivity index (χ1v) is 8.20. The number of carboxylic acids is 1. The van der Waals surface area contributed by atoms with E-state index in [1.54, 1.807) is 6.07 Å². The van der Waals surface area contributed by atoms with E-state index in [4.69, 9.17) is 28.3 Å². The standard InChI is InChI=1S/C16H19Cl2NO2/c17-14-3-1-2-11(16(14)18)9-19-12-4-5-13(19)7-10(6-12)8-15(20)21/h1-3,10,12-13H,4-9H2,(H,20,21). The number of piperidine rings is 1. The van der Waals surface area contributed by atoms with E-state index in [0.717, 1.165) is 24.9 Å². The van der Waals surface area contributed by atoms with Gasteiger partial charge in [-0.1, -0.05) is 35.3 Å². The Morgan fingerprint density at radius 1 is 1.24 bits per heavy atom. The fraction of sp³-hybridized carbons (Fsp3) is 0.562. The van der Waals surface area contributed by atoms with Crippen molar-refractivity contribution in [2.24, 2.45) is 5.92 Å². The number of fused-ring (bicyclic) bond motifs is 2. The van der Waals surface area contributed by atoms with Crippen LogP contribution in [-0.4, -0.2) is 28.1 Å². The monoisotopic (exact) mass is 327 g/mol. The van der Waals surface area contributed by atoms with E-state index in [0.29, 0.717) is 34.5 Å². The molecule has 3 nitrogen and oxygen atoms in total. The number of rotatable bonds is 4. The quantitative estimate of drug-likeness (QED) is 0.900. The maximum atomic E-state index is 10.9. The van der Waals surface area contributed by atoms with Crippen LogP contribution < -0.4 is 0 Å². The molecule has 2 aliphatic rings. The van der Waals surface area contributed by atoms with Gasteiger partial charge in [0.05, 0.1) is 10.0 Å². The number of hydrogen-bond acceptors (Lipinski definition) is 2. The van der Waals surface area contributed by atoms with Gasteiger partial charge in [0.2, 0.25) is 0 Å². The smallest absolute Gasteiger partial charge is 0.303 e. The van der Waals surface area contributed by atoms with Crippen LogP contribution in [-0.2, 0) is 11.3 Å². The van der Waals surface area contributed by atoms with E-state index >= 15 is 0 Å². The molecule has 2 aliphatic heterocycles. The lowest BCUT2D eigenvalue weighted by atomic mass is 9.88. The molecule has 2 unspecified atom stereocenters. The van der Waals surface area contributed by atoms with Crippen molar-refractivity contribution in [3.05, 3.63) is 33.8 Å². The second-order valence-corrected chi connectivity index (χ2v) is 6.99. The molecule has 3 rings (SSSR count). The van der Waals surface area contributed by atoms with Crippen LogP contribution in [0.1, 0.15) is 37.7 Å². The second kappa shape index (κ2) is 6.15. The van der Waals surface area contributed by atoms with Gasteiger partial charge in [-0.2, -0.15) is 0 Å². The number of carboxylic acid groups (broad SMARTS) is 1. The lowest BCUT2D eigenvalue weighted by Crippen LogP contribution is -2.42. The van der Waals surface area contributed by atoms with Crippen molar-refractivity contribution in [3.63, 3.8) is 0 Å². The van der Waals surface area contributed by atoms with E-state index in [1.807, 2.05) is 12.1 Å². The number of carbonyl (C=O) groups is 1. The molecule has 0 radical (unpaired) electrons. The molecule has 0 aromatic heterocycles. The fourth-order valence-corrected chi connectivity index (χ4v) is 4.31. The Balaban J connectivity index is 1.71. The SMILES string of the molecule is O=C(O)CC1CC2CCC(C1)N2Cc1cccc(Cl)c1Cl. The molecule has 5 heteroatoms. The molecule has 0 aliphatic carbocycles. The molecule has 1 aromatic rings. The first-order valence-electron chi connectivity index (χ1n) is 7.45. The highest BCUT2D eigenvalue weighted by Crippen LogP contribution is 2.41. The molecular formula is C16H19Cl2NO2. The first-order chi connectivity index (χ1) is 10.0. The zero-order valence-corrected chi connectivity index (χ0v) is 13.3. The lowest BCUT2D eigenvalue weighted by Gasteiger charge is -2.38. The van der Waals surface area contributed by atoms with Crippen LogP contribution in [0.25, 0.3) is 0 Å². The van der Waals surface area contributed by atoms with Crippen LogP contribution in [0.2, 0.25) is 10.0 Å². The van der Waals surface area contributed by atoms with E-state index in [9.17, 15) is 4.79 Å². The minimum atomic E-state index is -0.675. The fourth-order valence-electron chi connectivity index (χ4n) is 3.93. The van der Waals surface area contributed by atoms with Gasteiger partial charge in [0.15, 0.2) is 0 Å². The third-order valence-electron chi connectivity index (χ3n) is 4.83. The van der Waals surface area contributed by atoms with E-state index < -0.39 is 5.97 Å². The van der Waals surface area contributed by atoms with Gasteiger partial charge in [0, 0.05) is 25.0 Å². The molecule has 0 saturated carbocycles. The molecule has 1 aromatic carbocycles. The summed E-state index contributed by atoms with van der Waals surface area (Å²) in [4.78, 5) is 13.4. The number of nitrogens with zero attached hydrogens (tertiary/aromatic N) is 1. The van der Waals surface area contributed by atoms with Crippen LogP contribution in [0.5, 0.6) is 0 Å². The number of benzene rings is 1. The van der Waals surface area contributed by atoms with E-state index in [-0.39, 0.29) is 0 Å². The third-order valence-corrected chi connectivity index (χ3v) is 5.69. The summed E-state index contributed by atoms with van der Waals surface area (Å²) in [5.74, 6) is -0.350. The number of hydrogen-bond donors (Lipinski definition) is 1. The van der Waals surface area contributed by atoms with Crippen LogP contribution in [0, 0.1) is 5.92 Å². The van der Waals surface area contributed by atoms with E-state index in [2.05, 4.69) is 4.90 Å². The Labute approximate surface area is 134 Å². The summed E-state index contributed by atoms with van der Waals surface area (Å²) >= 11 is 12.4. The van der Waals surface area contributed by atoms with Crippen molar-refractivity contribution in [1.29, 1.82) is 0 Å². The summed E-state index contributed by atoms with van der Waals surface area (Å²) in [6, 6.07) is 6.74. The highest BCUT2D eigenvalue weighted by Gasteiger charge is 2.41. The molecule has 21 heavy (non-hydrogen) atoms. The Morgan fingerprint density at radius 2 is 1.90 bits per heavy atom. The molecule has 2 bridgehead atoms. The number of aliphatic carboxylic acids is 1. The van der Waals surface area contributed by atoms with E-state index in [1.165, 1.54) is 12.8 Å². The van der Waals surface area contributed by atoms with Crippen LogP contribution in [0.15, 0.2) is 18.2 Å². The molecular weight excluding hydrogens is 309 g/mol. The van der Waals surface area contributed by atoms with Gasteiger partial charge in [-0.15, -0.1) is 0 Å². The topological polar surface area (TPSA) is 40.5 Å². The van der Waals surface area contributed by atoms with Crippen LogP contribution in [0.4, 0.5) is 0 Å². The lowest BCUT2D eigenvalue weighted by molar-refractivity contribution is -0.138. The maximum Gasteiger partial charge on any atom is 0.303 e. The van der Waals surface area contributed by atoms with Gasteiger partial charge in [-0.25, -0.2) is 0 Å². The zero-order valence-electron chi connectivity index (χ0n) is 11.8. The Bertz CT molecular complexity index is 535. The van der Waals surface area contributed by atoms with Crippen LogP contribution in [0.3, 0.4) is 0 Å². The second-order valence-electron chi connectivity index (χ2n) is 6.21. The summed E-state index contributed by atoms with van der Waals surface area (Å²) in [5, 5.41) is 10.2. The van der Waals surface area contributed by atoms with Crippen molar-refractivity contribution < 1.29 is 9.90 Å². The van der Waals surface area contributed by atoms with Crippen molar-refractivity contribution in [3.8, 4) is 0 Å². The predicted octanol–water partition coefficient (Wildman–Crippen LogP) is 4.21. The van der Waals surface area contributed by atoms with Gasteiger partial charge >= 0.3 is 5.97 Å². The minimum Gasteiger partial charge on any atom is -0.481 e. The Kier molecular flexibility index (Phi) is 4.43. The van der Waals surface area contributed by atoms with Crippen molar-refractivity contribution in [2.75, 3.05) is 0 Å². The average molecular weight is 328 g/mol. The third kappa shape index (κ3) is 3.20. The molecule has 0 spiro atoms. The molecule has 1 N–H and O–H groups in total. The number of halogens is 2. The van der Waals surface area contributed by atoms with Gasteiger partial charge in [-0.3, -0.25) is 9.69 Å². The summed E-state index contributed by atoms with van der Waals surface area (Å²) in [5.41, 5.74) is 1.07. The Morgan fingerprint density at radius 3 is 2.52 bits per heavy atom. The molecule has 114 valence electrons. The normalized spacial score (nSPS) is 28.8. The van der Waals surface area contributed by atoms with Gasteiger partial charge in [0.1, 0.15) is 0 Å². The van der Waals surface area contributed by atoms with Crippen LogP contribution >= 0.6 is 23.2 Å².